The van der Waals surface area contributed by atoms with E-state index >= 15 is 0 Å². The fraction of sp³-hybridized carbons (Fsp3) is 0.636. The minimum atomic E-state index is 0.633. The molecule has 88 valence electrons. The average molecular weight is 238 g/mol. The Bertz CT molecular complexity index is 345. The minimum absolute atomic E-state index is 0.633. The summed E-state index contributed by atoms with van der Waals surface area (Å²) in [6.45, 7) is 2.33. The summed E-state index contributed by atoms with van der Waals surface area (Å²) in [5.41, 5.74) is 2.53. The number of hydrogen-bond donors (Lipinski definition) is 2. The highest BCUT2D eigenvalue weighted by Gasteiger charge is 2.20. The summed E-state index contributed by atoms with van der Waals surface area (Å²) < 4.78 is 0. The maximum absolute atomic E-state index is 5.31. The molecule has 16 heavy (non-hydrogen) atoms. The minimum Gasteiger partial charge on any atom is -0.307 e. The monoisotopic (exact) mass is 238 g/mol. The second-order valence-electron chi connectivity index (χ2n) is 4.40. The Morgan fingerprint density at radius 2 is 2.31 bits per heavy atom. The lowest BCUT2D eigenvalue weighted by Gasteiger charge is -2.25. The summed E-state index contributed by atoms with van der Waals surface area (Å²) in [4.78, 5) is 8.49. The maximum Gasteiger partial charge on any atom is 0.159 e. The van der Waals surface area contributed by atoms with Crippen LogP contribution in [-0.2, 0) is 0 Å². The number of hydrogen-bond acceptors (Lipinski definition) is 5. The maximum atomic E-state index is 5.31. The molecule has 0 bridgehead atoms. The molecule has 2 unspecified atom stereocenters. The first-order valence-corrected chi connectivity index (χ1v) is 6.61. The fourth-order valence-electron chi connectivity index (χ4n) is 2.13. The summed E-state index contributed by atoms with van der Waals surface area (Å²) in [6, 6.07) is 0. The van der Waals surface area contributed by atoms with Gasteiger partial charge in [0.25, 0.3) is 0 Å². The van der Waals surface area contributed by atoms with Crippen LogP contribution in [0.5, 0.6) is 0 Å². The number of anilines is 1. The lowest BCUT2D eigenvalue weighted by atomic mass is 9.91. The van der Waals surface area contributed by atoms with Gasteiger partial charge in [0.05, 0.1) is 12.4 Å². The van der Waals surface area contributed by atoms with Crippen LogP contribution in [0, 0.1) is 5.92 Å². The van der Waals surface area contributed by atoms with E-state index in [2.05, 4.69) is 22.3 Å². The predicted molar refractivity (Wildman–Crippen MR) is 67.1 cm³/mol. The molecule has 1 aliphatic rings. The zero-order chi connectivity index (χ0) is 11.4. The second-order valence-corrected chi connectivity index (χ2v) is 5.72. The molecule has 1 aromatic heterocycles. The van der Waals surface area contributed by atoms with Crippen molar-refractivity contribution < 1.29 is 0 Å². The third kappa shape index (κ3) is 3.09. The largest absolute Gasteiger partial charge is 0.307 e. The summed E-state index contributed by atoms with van der Waals surface area (Å²) in [6.07, 6.45) is 8.72. The highest BCUT2D eigenvalue weighted by atomic mass is 32.2. The van der Waals surface area contributed by atoms with Crippen molar-refractivity contribution in [1.82, 2.24) is 9.97 Å². The predicted octanol–water partition coefficient (Wildman–Crippen LogP) is 2.43. The Kier molecular flexibility index (Phi) is 4.01. The molecule has 5 heteroatoms. The molecule has 1 fully saturated rings. The number of aromatic nitrogens is 2. The van der Waals surface area contributed by atoms with Crippen LogP contribution in [0.2, 0.25) is 0 Å². The Labute approximate surface area is 100 Å². The standard InChI is InChI=1S/C11H18N4S/c1-8-3-2-4-9(5-8)16-11-7-13-6-10(14-11)15-12/h6-9H,2-5,12H2,1H3,(H,14,15). The van der Waals surface area contributed by atoms with Gasteiger partial charge in [0, 0.05) is 5.25 Å². The van der Waals surface area contributed by atoms with Crippen LogP contribution in [0.25, 0.3) is 0 Å². The van der Waals surface area contributed by atoms with Crippen LogP contribution in [0.3, 0.4) is 0 Å². The Morgan fingerprint density at radius 1 is 1.44 bits per heavy atom. The molecule has 0 aromatic carbocycles. The van der Waals surface area contributed by atoms with Crippen LogP contribution < -0.4 is 11.3 Å². The molecule has 3 N–H and O–H groups in total. The molecular formula is C11H18N4S. The van der Waals surface area contributed by atoms with Crippen molar-refractivity contribution in [1.29, 1.82) is 0 Å². The van der Waals surface area contributed by atoms with Crippen molar-refractivity contribution in [3.63, 3.8) is 0 Å². The summed E-state index contributed by atoms with van der Waals surface area (Å²) in [5.74, 6) is 6.79. The number of nitrogen functional groups attached to an aromatic ring is 1. The Morgan fingerprint density at radius 3 is 3.06 bits per heavy atom. The van der Waals surface area contributed by atoms with Gasteiger partial charge in [-0.25, -0.2) is 10.8 Å². The van der Waals surface area contributed by atoms with Crippen molar-refractivity contribution >= 4 is 17.6 Å². The van der Waals surface area contributed by atoms with Gasteiger partial charge in [-0.2, -0.15) is 0 Å². The van der Waals surface area contributed by atoms with Gasteiger partial charge in [0.1, 0.15) is 5.03 Å². The van der Waals surface area contributed by atoms with Gasteiger partial charge in [-0.05, 0) is 18.8 Å². The van der Waals surface area contributed by atoms with Crippen molar-refractivity contribution in [2.24, 2.45) is 11.8 Å². The topological polar surface area (TPSA) is 63.8 Å². The van der Waals surface area contributed by atoms with Gasteiger partial charge in [0.15, 0.2) is 5.82 Å². The highest BCUT2D eigenvalue weighted by Crippen LogP contribution is 2.35. The Hall–Kier alpha value is -0.810. The summed E-state index contributed by atoms with van der Waals surface area (Å²) in [7, 11) is 0. The van der Waals surface area contributed by atoms with Crippen LogP contribution in [0.1, 0.15) is 32.6 Å². The van der Waals surface area contributed by atoms with Gasteiger partial charge in [-0.1, -0.05) is 19.8 Å². The quantitative estimate of drug-likeness (QED) is 0.625. The average Bonchev–Trinajstić information content (AvgIpc) is 2.29. The smallest absolute Gasteiger partial charge is 0.159 e. The third-order valence-corrected chi connectivity index (χ3v) is 4.14. The molecule has 0 radical (unpaired) electrons. The van der Waals surface area contributed by atoms with Crippen molar-refractivity contribution in [3.05, 3.63) is 12.4 Å². The first-order chi connectivity index (χ1) is 7.78. The molecule has 1 saturated carbocycles. The zero-order valence-electron chi connectivity index (χ0n) is 9.52. The number of rotatable bonds is 3. The number of thioether (sulfide) groups is 1. The third-order valence-electron chi connectivity index (χ3n) is 2.94. The van der Waals surface area contributed by atoms with Gasteiger partial charge in [-0.15, -0.1) is 11.8 Å². The Balaban J connectivity index is 1.97. The van der Waals surface area contributed by atoms with Gasteiger partial charge >= 0.3 is 0 Å². The van der Waals surface area contributed by atoms with Gasteiger partial charge in [-0.3, -0.25) is 4.98 Å². The van der Waals surface area contributed by atoms with Crippen LogP contribution in [0.15, 0.2) is 17.4 Å². The molecule has 0 aliphatic heterocycles. The first kappa shape index (κ1) is 11.7. The van der Waals surface area contributed by atoms with Crippen molar-refractivity contribution in [2.45, 2.75) is 42.9 Å². The molecule has 0 spiro atoms. The molecule has 0 saturated heterocycles. The molecule has 2 rings (SSSR count). The van der Waals surface area contributed by atoms with Gasteiger partial charge in [0.2, 0.25) is 0 Å². The van der Waals surface area contributed by atoms with E-state index in [1.165, 1.54) is 25.7 Å². The highest BCUT2D eigenvalue weighted by molar-refractivity contribution is 7.99. The zero-order valence-corrected chi connectivity index (χ0v) is 10.3. The molecule has 4 nitrogen and oxygen atoms in total. The van der Waals surface area contributed by atoms with Crippen molar-refractivity contribution in [3.8, 4) is 0 Å². The van der Waals surface area contributed by atoms with E-state index in [1.807, 2.05) is 18.0 Å². The molecule has 2 atom stereocenters. The van der Waals surface area contributed by atoms with Crippen LogP contribution in [-0.4, -0.2) is 15.2 Å². The normalized spacial score (nSPS) is 25.4. The summed E-state index contributed by atoms with van der Waals surface area (Å²) in [5, 5.41) is 1.65. The van der Waals surface area contributed by atoms with E-state index in [1.54, 1.807) is 6.20 Å². The van der Waals surface area contributed by atoms with E-state index < -0.39 is 0 Å². The SMILES string of the molecule is CC1CCCC(Sc2cncc(NN)n2)C1. The molecule has 1 aromatic rings. The van der Waals surface area contributed by atoms with E-state index in [0.717, 1.165) is 10.9 Å². The van der Waals surface area contributed by atoms with Gasteiger partial charge < -0.3 is 5.43 Å². The van der Waals surface area contributed by atoms with E-state index in [4.69, 9.17) is 5.84 Å². The van der Waals surface area contributed by atoms with Crippen LogP contribution >= 0.6 is 11.8 Å². The van der Waals surface area contributed by atoms with E-state index in [9.17, 15) is 0 Å². The number of nitrogens with two attached hydrogens (primary N) is 1. The molecular weight excluding hydrogens is 220 g/mol. The lowest BCUT2D eigenvalue weighted by Crippen LogP contribution is -2.15. The van der Waals surface area contributed by atoms with E-state index in [0.29, 0.717) is 11.1 Å². The number of nitrogens with one attached hydrogen (secondary N) is 1. The molecule has 0 amide bonds. The first-order valence-electron chi connectivity index (χ1n) is 5.73. The van der Waals surface area contributed by atoms with Crippen LogP contribution in [0.4, 0.5) is 5.82 Å². The molecule has 1 heterocycles. The lowest BCUT2D eigenvalue weighted by molar-refractivity contribution is 0.394. The number of nitrogens with zero attached hydrogens (tertiary/aromatic N) is 2. The summed E-state index contributed by atoms with van der Waals surface area (Å²) >= 11 is 1.83. The molecule has 1 aliphatic carbocycles. The van der Waals surface area contributed by atoms with Crippen molar-refractivity contribution in [2.75, 3.05) is 5.43 Å². The number of hydrazine groups is 1. The second kappa shape index (κ2) is 5.50. The fourth-order valence-corrected chi connectivity index (χ4v) is 3.45. The van der Waals surface area contributed by atoms with E-state index in [-0.39, 0.29) is 0 Å².